The Bertz CT molecular complexity index is 474. The largest absolute Gasteiger partial charge is 0.507 e. The van der Waals surface area contributed by atoms with Gasteiger partial charge < -0.3 is 15.1 Å². The van der Waals surface area contributed by atoms with Crippen molar-refractivity contribution in [2.24, 2.45) is 0 Å². The first-order chi connectivity index (χ1) is 8.39. The van der Waals surface area contributed by atoms with Crippen LogP contribution in [0.15, 0.2) is 30.5 Å². The number of hydrogen-bond acceptors (Lipinski definition) is 4. The summed E-state index contributed by atoms with van der Waals surface area (Å²) in [5.41, 5.74) is -0.842. The minimum atomic E-state index is -4.60. The number of phenolic OH excluding ortho intramolecular Hbond substituents is 1. The predicted molar refractivity (Wildman–Crippen MR) is 58.7 cm³/mol. The van der Waals surface area contributed by atoms with Crippen molar-refractivity contribution in [3.8, 4) is 5.75 Å². The third-order valence-corrected chi connectivity index (χ3v) is 2.53. The molecule has 7 heteroatoms. The molecule has 0 amide bonds. The number of nitrogens with zero attached hydrogens (tertiary/aromatic N) is 1. The number of alkyl halides is 3. The topological polar surface area (TPSA) is 55.7 Å². The number of aliphatic hydroxyl groups is 1. The molecule has 0 saturated heterocycles. The highest BCUT2D eigenvalue weighted by molar-refractivity contribution is 5.56. The number of aromatic hydroxyl groups is 1. The van der Waals surface area contributed by atoms with Gasteiger partial charge in [-0.25, -0.2) is 0 Å². The number of benzene rings is 1. The highest BCUT2D eigenvalue weighted by atomic mass is 19.4. The van der Waals surface area contributed by atoms with E-state index in [0.29, 0.717) is 6.54 Å². The Labute approximate surface area is 101 Å². The normalized spacial score (nSPS) is 20.2. The van der Waals surface area contributed by atoms with E-state index >= 15 is 0 Å². The Balaban J connectivity index is 2.34. The number of nitrogens with one attached hydrogen (secondary N) is 1. The lowest BCUT2D eigenvalue weighted by Crippen LogP contribution is -2.45. The van der Waals surface area contributed by atoms with Crippen molar-refractivity contribution in [1.29, 1.82) is 0 Å². The third-order valence-electron chi connectivity index (χ3n) is 2.53. The number of phenols is 1. The summed E-state index contributed by atoms with van der Waals surface area (Å²) in [5, 5.41) is 21.7. The maximum Gasteiger partial charge on any atom is 0.419 e. The van der Waals surface area contributed by atoms with Crippen molar-refractivity contribution in [3.63, 3.8) is 0 Å². The molecule has 0 spiro atoms. The predicted octanol–water partition coefficient (Wildman–Crippen LogP) is 1.61. The van der Waals surface area contributed by atoms with Gasteiger partial charge in [0.05, 0.1) is 5.56 Å². The summed E-state index contributed by atoms with van der Waals surface area (Å²) in [6.07, 6.45) is -2.41. The Morgan fingerprint density at radius 1 is 1.33 bits per heavy atom. The Hall–Kier alpha value is -1.73. The van der Waals surface area contributed by atoms with E-state index in [1.54, 1.807) is 6.08 Å². The Morgan fingerprint density at radius 3 is 2.61 bits per heavy atom. The van der Waals surface area contributed by atoms with Gasteiger partial charge in [-0.1, -0.05) is 6.08 Å². The quantitative estimate of drug-likeness (QED) is 0.718. The second-order valence-corrected chi connectivity index (χ2v) is 3.77. The lowest BCUT2D eigenvalue weighted by Gasteiger charge is -2.30. The first kappa shape index (κ1) is 12.7. The molecule has 3 N–H and O–H groups in total. The van der Waals surface area contributed by atoms with Gasteiger partial charge >= 0.3 is 6.18 Å². The SMILES string of the molecule is Oc1cc(N2C=CCNC2O)ccc1C(F)(F)F. The van der Waals surface area contributed by atoms with Crippen LogP contribution < -0.4 is 10.2 Å². The van der Waals surface area contributed by atoms with Crippen LogP contribution in [0.4, 0.5) is 18.9 Å². The van der Waals surface area contributed by atoms with Gasteiger partial charge in [0, 0.05) is 24.5 Å². The molecule has 0 aromatic heterocycles. The van der Waals surface area contributed by atoms with Gasteiger partial charge in [-0.15, -0.1) is 0 Å². The highest BCUT2D eigenvalue weighted by Crippen LogP contribution is 2.37. The lowest BCUT2D eigenvalue weighted by atomic mass is 10.1. The molecule has 1 aliphatic heterocycles. The summed E-state index contributed by atoms with van der Waals surface area (Å²) in [6, 6.07) is 2.92. The van der Waals surface area contributed by atoms with Crippen LogP contribution >= 0.6 is 0 Å². The molecule has 0 fully saturated rings. The van der Waals surface area contributed by atoms with Crippen molar-refractivity contribution in [1.82, 2.24) is 5.32 Å². The molecule has 98 valence electrons. The van der Waals surface area contributed by atoms with E-state index in [-0.39, 0.29) is 5.69 Å². The van der Waals surface area contributed by atoms with Crippen LogP contribution in [-0.2, 0) is 6.18 Å². The third kappa shape index (κ3) is 2.41. The van der Waals surface area contributed by atoms with Crippen LogP contribution in [0.2, 0.25) is 0 Å². The number of aliphatic hydroxyl groups excluding tert-OH is 1. The first-order valence-corrected chi connectivity index (χ1v) is 5.16. The van der Waals surface area contributed by atoms with Gasteiger partial charge in [-0.3, -0.25) is 5.32 Å². The van der Waals surface area contributed by atoms with Crippen LogP contribution in [0.5, 0.6) is 5.75 Å². The number of hydrogen-bond donors (Lipinski definition) is 3. The van der Waals surface area contributed by atoms with Crippen molar-refractivity contribution in [2.45, 2.75) is 12.5 Å². The van der Waals surface area contributed by atoms with Crippen molar-refractivity contribution in [3.05, 3.63) is 36.0 Å². The average molecular weight is 260 g/mol. The summed E-state index contributed by atoms with van der Waals surface area (Å²) in [5.74, 6) is -0.869. The molecule has 1 heterocycles. The molecule has 2 rings (SSSR count). The molecular formula is C11H11F3N2O2. The minimum Gasteiger partial charge on any atom is -0.507 e. The maximum absolute atomic E-state index is 12.4. The van der Waals surface area contributed by atoms with Crippen LogP contribution in [0.1, 0.15) is 5.56 Å². The zero-order valence-corrected chi connectivity index (χ0v) is 9.15. The molecule has 0 aliphatic carbocycles. The standard InChI is InChI=1S/C11H11F3N2O2/c12-11(13,14)8-3-2-7(6-9(8)17)16-5-1-4-15-10(16)18/h1-3,5-6,10,15,17-18H,4H2. The van der Waals surface area contributed by atoms with Gasteiger partial charge in [0.2, 0.25) is 0 Å². The highest BCUT2D eigenvalue weighted by Gasteiger charge is 2.34. The number of halogens is 3. The van der Waals surface area contributed by atoms with Gasteiger partial charge in [0.15, 0.2) is 6.35 Å². The number of anilines is 1. The summed E-state index contributed by atoms with van der Waals surface area (Å²) < 4.78 is 37.3. The maximum atomic E-state index is 12.4. The molecule has 18 heavy (non-hydrogen) atoms. The fraction of sp³-hybridized carbons (Fsp3) is 0.273. The lowest BCUT2D eigenvalue weighted by molar-refractivity contribution is -0.138. The van der Waals surface area contributed by atoms with E-state index in [4.69, 9.17) is 0 Å². The van der Waals surface area contributed by atoms with Crippen LogP contribution in [0, 0.1) is 0 Å². The van der Waals surface area contributed by atoms with E-state index < -0.39 is 23.8 Å². The first-order valence-electron chi connectivity index (χ1n) is 5.16. The molecule has 4 nitrogen and oxygen atoms in total. The summed E-state index contributed by atoms with van der Waals surface area (Å²) in [7, 11) is 0. The molecule has 0 bridgehead atoms. The van der Waals surface area contributed by atoms with E-state index in [1.165, 1.54) is 17.2 Å². The molecular weight excluding hydrogens is 249 g/mol. The smallest absolute Gasteiger partial charge is 0.419 e. The Kier molecular flexibility index (Phi) is 3.18. The molecule has 1 atom stereocenters. The van der Waals surface area contributed by atoms with Crippen molar-refractivity contribution >= 4 is 5.69 Å². The monoisotopic (exact) mass is 260 g/mol. The molecule has 0 saturated carbocycles. The summed E-state index contributed by atoms with van der Waals surface area (Å²) in [6.45, 7) is 0.463. The molecule has 1 aromatic rings. The summed E-state index contributed by atoms with van der Waals surface area (Å²) in [4.78, 5) is 1.31. The molecule has 1 unspecified atom stereocenters. The van der Waals surface area contributed by atoms with Crippen molar-refractivity contribution in [2.75, 3.05) is 11.4 Å². The fourth-order valence-electron chi connectivity index (χ4n) is 1.67. The summed E-state index contributed by atoms with van der Waals surface area (Å²) >= 11 is 0. The average Bonchev–Trinajstić information content (AvgIpc) is 2.27. The van der Waals surface area contributed by atoms with E-state index in [9.17, 15) is 23.4 Å². The zero-order chi connectivity index (χ0) is 13.3. The molecule has 0 radical (unpaired) electrons. The van der Waals surface area contributed by atoms with Gasteiger partial charge in [-0.2, -0.15) is 13.2 Å². The van der Waals surface area contributed by atoms with E-state index in [2.05, 4.69) is 5.32 Å². The second kappa shape index (κ2) is 4.51. The van der Waals surface area contributed by atoms with Crippen LogP contribution in [0.25, 0.3) is 0 Å². The van der Waals surface area contributed by atoms with Crippen LogP contribution in [0.3, 0.4) is 0 Å². The van der Waals surface area contributed by atoms with E-state index in [1.807, 2.05) is 0 Å². The Morgan fingerprint density at radius 2 is 2.06 bits per heavy atom. The molecule has 1 aromatic carbocycles. The van der Waals surface area contributed by atoms with E-state index in [0.717, 1.165) is 12.1 Å². The van der Waals surface area contributed by atoms with Crippen molar-refractivity contribution < 1.29 is 23.4 Å². The van der Waals surface area contributed by atoms with Crippen LogP contribution in [-0.4, -0.2) is 23.1 Å². The minimum absolute atomic E-state index is 0.261. The van der Waals surface area contributed by atoms with Gasteiger partial charge in [0.25, 0.3) is 0 Å². The van der Waals surface area contributed by atoms with Gasteiger partial charge in [-0.05, 0) is 12.1 Å². The number of rotatable bonds is 1. The fourth-order valence-corrected chi connectivity index (χ4v) is 1.67. The second-order valence-electron chi connectivity index (χ2n) is 3.77. The zero-order valence-electron chi connectivity index (χ0n) is 9.15. The van der Waals surface area contributed by atoms with Gasteiger partial charge in [0.1, 0.15) is 5.75 Å². The molecule has 1 aliphatic rings.